The van der Waals surface area contributed by atoms with E-state index in [1.807, 2.05) is 18.2 Å². The van der Waals surface area contributed by atoms with Crippen LogP contribution in [-0.4, -0.2) is 31.1 Å². The van der Waals surface area contributed by atoms with Gasteiger partial charge in [0.1, 0.15) is 0 Å². The van der Waals surface area contributed by atoms with Crippen LogP contribution >= 0.6 is 23.2 Å². The van der Waals surface area contributed by atoms with Gasteiger partial charge in [0, 0.05) is 47.8 Å². The van der Waals surface area contributed by atoms with Crippen molar-refractivity contribution in [3.05, 3.63) is 33.8 Å². The predicted molar refractivity (Wildman–Crippen MR) is 83.1 cm³/mol. The van der Waals surface area contributed by atoms with E-state index in [1.165, 1.54) is 0 Å². The van der Waals surface area contributed by atoms with E-state index in [-0.39, 0.29) is 0 Å². The molecule has 1 N–H and O–H groups in total. The number of nitrogens with one attached hydrogen (secondary N) is 1. The average molecular weight is 301 g/mol. The fourth-order valence-corrected chi connectivity index (χ4v) is 3.42. The highest BCUT2D eigenvalue weighted by Gasteiger charge is 2.29. The summed E-state index contributed by atoms with van der Waals surface area (Å²) in [5.41, 5.74) is 1.10. The molecule has 2 atom stereocenters. The van der Waals surface area contributed by atoms with Gasteiger partial charge < -0.3 is 5.32 Å². The molecular weight excluding hydrogens is 279 g/mol. The molecule has 2 nitrogen and oxygen atoms in total. The van der Waals surface area contributed by atoms with E-state index >= 15 is 0 Å². The fraction of sp³-hybridized carbons (Fsp3) is 0.600. The molecule has 0 spiro atoms. The maximum atomic E-state index is 6.42. The van der Waals surface area contributed by atoms with Crippen LogP contribution in [0.15, 0.2) is 18.2 Å². The minimum Gasteiger partial charge on any atom is -0.314 e. The second-order valence-electron chi connectivity index (χ2n) is 5.25. The van der Waals surface area contributed by atoms with Gasteiger partial charge in [-0.1, -0.05) is 49.5 Å². The Hall–Kier alpha value is -0.280. The quantitative estimate of drug-likeness (QED) is 0.904. The van der Waals surface area contributed by atoms with Crippen molar-refractivity contribution in [1.29, 1.82) is 0 Å². The summed E-state index contributed by atoms with van der Waals surface area (Å²) in [5, 5.41) is 4.98. The van der Waals surface area contributed by atoms with Crippen LogP contribution in [0.2, 0.25) is 10.0 Å². The van der Waals surface area contributed by atoms with E-state index < -0.39 is 0 Å². The molecule has 1 heterocycles. The number of rotatable bonds is 4. The normalized spacial score (nSPS) is 20.2. The Morgan fingerprint density at radius 1 is 1.21 bits per heavy atom. The third-order valence-electron chi connectivity index (χ3n) is 4.02. The van der Waals surface area contributed by atoms with Gasteiger partial charge in [-0.15, -0.1) is 0 Å². The van der Waals surface area contributed by atoms with E-state index in [0.717, 1.165) is 48.2 Å². The minimum absolute atomic E-state index is 0.313. The third-order valence-corrected chi connectivity index (χ3v) is 4.68. The highest BCUT2D eigenvalue weighted by molar-refractivity contribution is 6.36. The van der Waals surface area contributed by atoms with Crippen molar-refractivity contribution in [2.24, 2.45) is 5.92 Å². The summed E-state index contributed by atoms with van der Waals surface area (Å²) in [6, 6.07) is 6.12. The van der Waals surface area contributed by atoms with Crippen LogP contribution in [0.3, 0.4) is 0 Å². The third kappa shape index (κ3) is 3.43. The summed E-state index contributed by atoms with van der Waals surface area (Å²) >= 11 is 12.8. The van der Waals surface area contributed by atoms with E-state index in [9.17, 15) is 0 Å². The summed E-state index contributed by atoms with van der Waals surface area (Å²) in [6.45, 7) is 8.69. The van der Waals surface area contributed by atoms with Crippen molar-refractivity contribution in [3.8, 4) is 0 Å². The largest absolute Gasteiger partial charge is 0.314 e. The first kappa shape index (κ1) is 15.1. The van der Waals surface area contributed by atoms with Crippen LogP contribution < -0.4 is 5.32 Å². The maximum Gasteiger partial charge on any atom is 0.0468 e. The topological polar surface area (TPSA) is 15.3 Å². The predicted octanol–water partition coefficient (Wildman–Crippen LogP) is 3.99. The van der Waals surface area contributed by atoms with Gasteiger partial charge in [0.2, 0.25) is 0 Å². The number of halogens is 2. The van der Waals surface area contributed by atoms with E-state index in [2.05, 4.69) is 24.1 Å². The Bertz CT molecular complexity index is 396. The lowest BCUT2D eigenvalue weighted by atomic mass is 9.90. The highest BCUT2D eigenvalue weighted by atomic mass is 35.5. The smallest absolute Gasteiger partial charge is 0.0468 e. The van der Waals surface area contributed by atoms with Gasteiger partial charge in [-0.3, -0.25) is 4.90 Å². The van der Waals surface area contributed by atoms with Crippen LogP contribution in [0.25, 0.3) is 0 Å². The van der Waals surface area contributed by atoms with Gasteiger partial charge in [0.25, 0.3) is 0 Å². The van der Waals surface area contributed by atoms with Gasteiger partial charge >= 0.3 is 0 Å². The molecule has 1 aromatic carbocycles. The van der Waals surface area contributed by atoms with Gasteiger partial charge in [0.05, 0.1) is 0 Å². The number of hydrogen-bond acceptors (Lipinski definition) is 2. The van der Waals surface area contributed by atoms with Crippen molar-refractivity contribution in [3.63, 3.8) is 0 Å². The molecule has 1 fully saturated rings. The maximum absolute atomic E-state index is 6.42. The average Bonchev–Trinajstić information content (AvgIpc) is 2.43. The molecule has 0 amide bonds. The lowest BCUT2D eigenvalue weighted by molar-refractivity contribution is 0.128. The molecule has 4 heteroatoms. The van der Waals surface area contributed by atoms with Crippen LogP contribution in [-0.2, 0) is 0 Å². The zero-order valence-electron chi connectivity index (χ0n) is 11.6. The van der Waals surface area contributed by atoms with E-state index in [1.54, 1.807) is 0 Å². The van der Waals surface area contributed by atoms with Crippen LogP contribution in [0.1, 0.15) is 31.9 Å². The van der Waals surface area contributed by atoms with Gasteiger partial charge in [-0.2, -0.15) is 0 Å². The lowest BCUT2D eigenvalue weighted by Gasteiger charge is -2.39. The summed E-state index contributed by atoms with van der Waals surface area (Å²) in [4.78, 5) is 2.51. The standard InChI is InChI=1S/C15H22Cl2N2/c1-3-11(2)15(19-9-7-18-8-10-19)14-12(16)5-4-6-13(14)17/h4-6,11,15,18H,3,7-10H2,1-2H3/t11?,15-/m1/s1. The molecule has 106 valence electrons. The first-order chi connectivity index (χ1) is 9.15. The summed E-state index contributed by atoms with van der Waals surface area (Å²) in [7, 11) is 0. The minimum atomic E-state index is 0.313. The molecule has 0 radical (unpaired) electrons. The first-order valence-electron chi connectivity index (χ1n) is 7.03. The molecule has 1 aliphatic heterocycles. The molecule has 0 bridgehead atoms. The van der Waals surface area contributed by atoms with Gasteiger partial charge in [-0.05, 0) is 18.1 Å². The molecule has 0 aromatic heterocycles. The van der Waals surface area contributed by atoms with Gasteiger partial charge in [0.15, 0.2) is 0 Å². The van der Waals surface area contributed by atoms with E-state index in [4.69, 9.17) is 23.2 Å². The Morgan fingerprint density at radius 3 is 2.32 bits per heavy atom. The monoisotopic (exact) mass is 300 g/mol. The van der Waals surface area contributed by atoms with Crippen LogP contribution in [0, 0.1) is 5.92 Å². The Labute approximate surface area is 126 Å². The molecule has 1 aromatic rings. The molecule has 1 aliphatic rings. The van der Waals surface area contributed by atoms with E-state index in [0.29, 0.717) is 12.0 Å². The zero-order valence-corrected chi connectivity index (χ0v) is 13.1. The SMILES string of the molecule is CCC(C)[C@H](c1c(Cl)cccc1Cl)N1CCNCC1. The summed E-state index contributed by atoms with van der Waals surface area (Å²) in [6.07, 6.45) is 1.12. The van der Waals surface area contributed by atoms with Crippen molar-refractivity contribution >= 4 is 23.2 Å². The molecular formula is C15H22Cl2N2. The van der Waals surface area contributed by atoms with Crippen molar-refractivity contribution in [2.45, 2.75) is 26.3 Å². The van der Waals surface area contributed by atoms with Crippen molar-refractivity contribution in [1.82, 2.24) is 10.2 Å². The fourth-order valence-electron chi connectivity index (χ4n) is 2.80. The Morgan fingerprint density at radius 2 is 1.79 bits per heavy atom. The number of nitrogens with zero attached hydrogens (tertiary/aromatic N) is 1. The molecule has 2 rings (SSSR count). The number of hydrogen-bond donors (Lipinski definition) is 1. The lowest BCUT2D eigenvalue weighted by Crippen LogP contribution is -2.46. The Kier molecular flexibility index (Phi) is 5.52. The second-order valence-corrected chi connectivity index (χ2v) is 6.07. The molecule has 1 saturated heterocycles. The number of piperazine rings is 1. The Balaban J connectivity index is 2.36. The van der Waals surface area contributed by atoms with Crippen molar-refractivity contribution < 1.29 is 0 Å². The molecule has 0 aliphatic carbocycles. The zero-order chi connectivity index (χ0) is 13.8. The molecule has 0 saturated carbocycles. The number of benzene rings is 1. The van der Waals surface area contributed by atoms with Crippen LogP contribution in [0.4, 0.5) is 0 Å². The second kappa shape index (κ2) is 6.94. The summed E-state index contributed by atoms with van der Waals surface area (Å²) < 4.78 is 0. The highest BCUT2D eigenvalue weighted by Crippen LogP contribution is 2.39. The van der Waals surface area contributed by atoms with Crippen LogP contribution in [0.5, 0.6) is 0 Å². The van der Waals surface area contributed by atoms with Crippen molar-refractivity contribution in [2.75, 3.05) is 26.2 Å². The first-order valence-corrected chi connectivity index (χ1v) is 7.79. The molecule has 1 unspecified atom stereocenters. The van der Waals surface area contributed by atoms with Gasteiger partial charge in [-0.25, -0.2) is 0 Å². The molecule has 19 heavy (non-hydrogen) atoms. The summed E-state index contributed by atoms with van der Waals surface area (Å²) in [5.74, 6) is 0.537.